The Bertz CT molecular complexity index is 542. The van der Waals surface area contributed by atoms with Crippen LogP contribution in [-0.4, -0.2) is 18.3 Å². The first-order valence-corrected chi connectivity index (χ1v) is 7.71. The smallest absolute Gasteiger partial charge is 0.0906 e. The van der Waals surface area contributed by atoms with E-state index in [2.05, 4.69) is 6.58 Å². The highest BCUT2D eigenvalue weighted by atomic mass is 35.5. The van der Waals surface area contributed by atoms with Crippen molar-refractivity contribution in [1.82, 2.24) is 0 Å². The third-order valence-corrected chi connectivity index (χ3v) is 4.69. The van der Waals surface area contributed by atoms with Gasteiger partial charge in [0.25, 0.3) is 0 Å². The molecule has 21 heavy (non-hydrogen) atoms. The normalized spacial score (nSPS) is 25.5. The summed E-state index contributed by atoms with van der Waals surface area (Å²) in [5.74, 6) is 0.399. The molecule has 0 spiro atoms. The lowest BCUT2D eigenvalue weighted by atomic mass is 9.67. The Balaban J connectivity index is 1.88. The summed E-state index contributed by atoms with van der Waals surface area (Å²) in [5, 5.41) is 11.4. The largest absolute Gasteiger partial charge is 0.385 e. The zero-order valence-corrected chi connectivity index (χ0v) is 13.5. The van der Waals surface area contributed by atoms with Crippen LogP contribution in [0.1, 0.15) is 30.9 Å². The first kappa shape index (κ1) is 16.3. The molecule has 0 amide bonds. The number of benzene rings is 1. The van der Waals surface area contributed by atoms with Crippen molar-refractivity contribution in [1.29, 1.82) is 0 Å². The monoisotopic (exact) mass is 306 g/mol. The van der Waals surface area contributed by atoms with Crippen molar-refractivity contribution in [2.24, 2.45) is 5.92 Å². The maximum absolute atomic E-state index is 10.7. The van der Waals surface area contributed by atoms with E-state index in [-0.39, 0.29) is 0 Å². The summed E-state index contributed by atoms with van der Waals surface area (Å²) in [6.45, 7) is 8.94. The van der Waals surface area contributed by atoms with Gasteiger partial charge in [0.05, 0.1) is 18.8 Å². The van der Waals surface area contributed by atoms with Crippen LogP contribution in [0, 0.1) is 12.8 Å². The second-order valence-electron chi connectivity index (χ2n) is 5.80. The van der Waals surface area contributed by atoms with Crippen molar-refractivity contribution in [3.63, 3.8) is 0 Å². The standard InChI is InChI=1S/C18H23ClO2/c1-4-14(5-2)11-21-12-15-9-18(20,10-15)16-7-6-8-17(19)13(16)3/h4-8,15,20H,1,9-12H2,2-3H3/b14-5+. The first-order valence-electron chi connectivity index (χ1n) is 7.33. The van der Waals surface area contributed by atoms with Gasteiger partial charge in [0, 0.05) is 5.02 Å². The number of allylic oxidation sites excluding steroid dienone is 1. The average molecular weight is 307 g/mol. The number of hydrogen-bond donors (Lipinski definition) is 1. The summed E-state index contributed by atoms with van der Waals surface area (Å²) in [6.07, 6.45) is 5.27. The molecule has 0 saturated heterocycles. The molecule has 1 aromatic rings. The molecule has 3 heteroatoms. The molecule has 0 unspecified atom stereocenters. The molecule has 2 rings (SSSR count). The number of aliphatic hydroxyl groups is 1. The minimum atomic E-state index is -0.745. The third-order valence-electron chi connectivity index (χ3n) is 4.28. The van der Waals surface area contributed by atoms with E-state index in [4.69, 9.17) is 16.3 Å². The van der Waals surface area contributed by atoms with Crippen molar-refractivity contribution in [3.05, 3.63) is 58.7 Å². The van der Waals surface area contributed by atoms with Crippen molar-refractivity contribution < 1.29 is 9.84 Å². The lowest BCUT2D eigenvalue weighted by molar-refractivity contribution is -0.101. The maximum atomic E-state index is 10.7. The van der Waals surface area contributed by atoms with Crippen molar-refractivity contribution in [2.75, 3.05) is 13.2 Å². The number of ether oxygens (including phenoxy) is 1. The number of hydrogen-bond acceptors (Lipinski definition) is 2. The van der Waals surface area contributed by atoms with Gasteiger partial charge < -0.3 is 9.84 Å². The van der Waals surface area contributed by atoms with Crippen molar-refractivity contribution >= 4 is 11.6 Å². The fraction of sp³-hybridized carbons (Fsp3) is 0.444. The van der Waals surface area contributed by atoms with Gasteiger partial charge in [-0.3, -0.25) is 0 Å². The molecular weight excluding hydrogens is 284 g/mol. The Kier molecular flexibility index (Phi) is 5.26. The van der Waals surface area contributed by atoms with Gasteiger partial charge in [-0.2, -0.15) is 0 Å². The molecule has 0 heterocycles. The van der Waals surface area contributed by atoms with Crippen LogP contribution in [0.3, 0.4) is 0 Å². The average Bonchev–Trinajstić information content (AvgIpc) is 2.44. The van der Waals surface area contributed by atoms with Crippen LogP contribution >= 0.6 is 11.6 Å². The molecule has 1 aliphatic carbocycles. The molecule has 1 saturated carbocycles. The fourth-order valence-corrected chi connectivity index (χ4v) is 3.12. The van der Waals surface area contributed by atoms with Gasteiger partial charge >= 0.3 is 0 Å². The Morgan fingerprint density at radius 3 is 2.86 bits per heavy atom. The molecule has 1 N–H and O–H groups in total. The van der Waals surface area contributed by atoms with Gasteiger partial charge in [0.2, 0.25) is 0 Å². The van der Waals surface area contributed by atoms with Gasteiger partial charge in [-0.1, -0.05) is 42.5 Å². The van der Waals surface area contributed by atoms with Crippen LogP contribution in [0.5, 0.6) is 0 Å². The molecule has 1 aliphatic rings. The first-order chi connectivity index (χ1) is 10.00. The van der Waals surface area contributed by atoms with Gasteiger partial charge in [0.1, 0.15) is 0 Å². The third kappa shape index (κ3) is 3.57. The highest BCUT2D eigenvalue weighted by molar-refractivity contribution is 6.31. The fourth-order valence-electron chi connectivity index (χ4n) is 2.95. The predicted octanol–water partition coefficient (Wildman–Crippen LogP) is 4.39. The lowest BCUT2D eigenvalue weighted by Crippen LogP contribution is -2.43. The molecule has 1 aromatic carbocycles. The molecule has 0 aliphatic heterocycles. The van der Waals surface area contributed by atoms with E-state index in [1.807, 2.05) is 44.2 Å². The van der Waals surface area contributed by atoms with Crippen LogP contribution in [0.4, 0.5) is 0 Å². The minimum Gasteiger partial charge on any atom is -0.385 e. The number of halogens is 1. The predicted molar refractivity (Wildman–Crippen MR) is 87.6 cm³/mol. The Morgan fingerprint density at radius 2 is 2.24 bits per heavy atom. The van der Waals surface area contributed by atoms with Crippen LogP contribution in [0.25, 0.3) is 0 Å². The lowest BCUT2D eigenvalue weighted by Gasteiger charge is -2.44. The van der Waals surface area contributed by atoms with E-state index in [0.717, 1.165) is 29.5 Å². The molecule has 0 bridgehead atoms. The highest BCUT2D eigenvalue weighted by Crippen LogP contribution is 2.47. The minimum absolute atomic E-state index is 0.399. The summed E-state index contributed by atoms with van der Waals surface area (Å²) in [6, 6.07) is 5.72. The zero-order valence-electron chi connectivity index (χ0n) is 12.7. The van der Waals surface area contributed by atoms with E-state index in [1.54, 1.807) is 0 Å². The molecular formula is C18H23ClO2. The van der Waals surface area contributed by atoms with E-state index < -0.39 is 5.60 Å². The molecule has 0 aromatic heterocycles. The van der Waals surface area contributed by atoms with Gasteiger partial charge in [-0.05, 0) is 55.4 Å². The van der Waals surface area contributed by atoms with E-state index in [0.29, 0.717) is 24.2 Å². The SMILES string of the molecule is C=C/C(=C\C)COCC1CC(O)(c2cccc(Cl)c2C)C1. The topological polar surface area (TPSA) is 29.5 Å². The Labute approximate surface area is 132 Å². The van der Waals surface area contributed by atoms with E-state index >= 15 is 0 Å². The van der Waals surface area contributed by atoms with Gasteiger partial charge in [-0.15, -0.1) is 0 Å². The quantitative estimate of drug-likeness (QED) is 0.790. The molecule has 1 fully saturated rings. The summed E-state index contributed by atoms with van der Waals surface area (Å²) < 4.78 is 5.69. The Morgan fingerprint density at radius 1 is 1.52 bits per heavy atom. The van der Waals surface area contributed by atoms with Gasteiger partial charge in [0.15, 0.2) is 0 Å². The Hall–Kier alpha value is -1.09. The van der Waals surface area contributed by atoms with Crippen LogP contribution in [-0.2, 0) is 10.3 Å². The maximum Gasteiger partial charge on any atom is 0.0906 e. The summed E-state index contributed by atoms with van der Waals surface area (Å²) >= 11 is 6.14. The van der Waals surface area contributed by atoms with Crippen molar-refractivity contribution in [2.45, 2.75) is 32.3 Å². The second-order valence-corrected chi connectivity index (χ2v) is 6.21. The summed E-state index contributed by atoms with van der Waals surface area (Å²) in [5.41, 5.74) is 2.27. The summed E-state index contributed by atoms with van der Waals surface area (Å²) in [4.78, 5) is 0. The van der Waals surface area contributed by atoms with Crippen LogP contribution in [0.15, 0.2) is 42.5 Å². The van der Waals surface area contributed by atoms with E-state index in [1.165, 1.54) is 0 Å². The molecule has 0 radical (unpaired) electrons. The molecule has 2 nitrogen and oxygen atoms in total. The number of rotatable bonds is 6. The second kappa shape index (κ2) is 6.78. The zero-order chi connectivity index (χ0) is 15.5. The summed E-state index contributed by atoms with van der Waals surface area (Å²) in [7, 11) is 0. The highest BCUT2D eigenvalue weighted by Gasteiger charge is 2.44. The van der Waals surface area contributed by atoms with Gasteiger partial charge in [-0.25, -0.2) is 0 Å². The van der Waals surface area contributed by atoms with Crippen LogP contribution in [0.2, 0.25) is 5.02 Å². The van der Waals surface area contributed by atoms with E-state index in [9.17, 15) is 5.11 Å². The van der Waals surface area contributed by atoms with Crippen molar-refractivity contribution in [3.8, 4) is 0 Å². The molecule has 114 valence electrons. The van der Waals surface area contributed by atoms with Crippen LogP contribution < -0.4 is 0 Å². The molecule has 0 atom stereocenters.